The van der Waals surface area contributed by atoms with Crippen molar-refractivity contribution in [3.63, 3.8) is 0 Å². The molecule has 6 nitrogen and oxygen atoms in total. The van der Waals surface area contributed by atoms with Gasteiger partial charge in [-0.05, 0) is 48.1 Å². The van der Waals surface area contributed by atoms with E-state index in [9.17, 15) is 9.59 Å². The number of hydrogen-bond donors (Lipinski definition) is 1. The smallest absolute Gasteiger partial charge is 0.409 e. The van der Waals surface area contributed by atoms with Crippen molar-refractivity contribution in [2.75, 3.05) is 32.2 Å². The van der Waals surface area contributed by atoms with Gasteiger partial charge in [-0.3, -0.25) is 4.79 Å². The Morgan fingerprint density at radius 3 is 2.55 bits per heavy atom. The van der Waals surface area contributed by atoms with Crippen molar-refractivity contribution in [2.45, 2.75) is 31.2 Å². The van der Waals surface area contributed by atoms with Crippen LogP contribution in [0.1, 0.15) is 29.5 Å². The summed E-state index contributed by atoms with van der Waals surface area (Å²) in [5.74, 6) is -0.00687. The zero-order chi connectivity index (χ0) is 20.3. The van der Waals surface area contributed by atoms with Crippen LogP contribution in [0.25, 0.3) is 0 Å². The molecule has 2 aromatic rings. The molecular formula is C23H26N2O4. The van der Waals surface area contributed by atoms with E-state index in [1.165, 1.54) is 12.7 Å². The van der Waals surface area contributed by atoms with Crippen molar-refractivity contribution in [2.24, 2.45) is 0 Å². The number of rotatable bonds is 3. The summed E-state index contributed by atoms with van der Waals surface area (Å²) in [6, 6.07) is 15.9. The van der Waals surface area contributed by atoms with Crippen LogP contribution < -0.4 is 5.32 Å². The Morgan fingerprint density at radius 2 is 1.83 bits per heavy atom. The molecule has 2 heterocycles. The second-order valence-corrected chi connectivity index (χ2v) is 7.64. The van der Waals surface area contributed by atoms with E-state index in [2.05, 4.69) is 5.32 Å². The van der Waals surface area contributed by atoms with E-state index in [4.69, 9.17) is 9.47 Å². The molecule has 0 aromatic heterocycles. The Kier molecular flexibility index (Phi) is 5.53. The van der Waals surface area contributed by atoms with Crippen molar-refractivity contribution in [3.05, 3.63) is 65.2 Å². The molecule has 0 spiro atoms. The fraction of sp³-hybridized carbons (Fsp3) is 0.391. The topological polar surface area (TPSA) is 67.9 Å². The Balaban J connectivity index is 1.57. The van der Waals surface area contributed by atoms with Gasteiger partial charge in [0.2, 0.25) is 5.91 Å². The molecule has 152 valence electrons. The first-order valence-corrected chi connectivity index (χ1v) is 10.0. The van der Waals surface area contributed by atoms with E-state index in [1.807, 2.05) is 48.5 Å². The van der Waals surface area contributed by atoms with E-state index in [-0.39, 0.29) is 12.0 Å². The number of nitrogens with zero attached hydrogens (tertiary/aromatic N) is 1. The van der Waals surface area contributed by atoms with Gasteiger partial charge in [-0.15, -0.1) is 0 Å². The summed E-state index contributed by atoms with van der Waals surface area (Å²) >= 11 is 0. The molecule has 0 saturated carbocycles. The molecule has 0 unspecified atom stereocenters. The average molecular weight is 394 g/mol. The van der Waals surface area contributed by atoms with Crippen molar-refractivity contribution in [1.82, 2.24) is 4.90 Å². The van der Waals surface area contributed by atoms with Gasteiger partial charge in [0, 0.05) is 32.0 Å². The summed E-state index contributed by atoms with van der Waals surface area (Å²) < 4.78 is 10.4. The molecule has 0 bridgehead atoms. The average Bonchev–Trinajstić information content (AvgIpc) is 2.79. The summed E-state index contributed by atoms with van der Waals surface area (Å²) in [7, 11) is 1.39. The maximum atomic E-state index is 13.4. The third-order valence-electron chi connectivity index (χ3n) is 6.02. The number of hydrogen-bond acceptors (Lipinski definition) is 4. The van der Waals surface area contributed by atoms with Crippen LogP contribution in [0, 0.1) is 0 Å². The van der Waals surface area contributed by atoms with Crippen LogP contribution in [0.2, 0.25) is 0 Å². The van der Waals surface area contributed by atoms with Crippen molar-refractivity contribution in [1.29, 1.82) is 0 Å². The maximum absolute atomic E-state index is 13.4. The zero-order valence-electron chi connectivity index (χ0n) is 16.6. The van der Waals surface area contributed by atoms with Crippen molar-refractivity contribution in [3.8, 4) is 0 Å². The Labute approximate surface area is 170 Å². The minimum absolute atomic E-state index is 0.00687. The first kappa shape index (κ1) is 19.5. The second kappa shape index (κ2) is 8.25. The maximum Gasteiger partial charge on any atom is 0.409 e. The fourth-order valence-electron chi connectivity index (χ4n) is 4.29. The summed E-state index contributed by atoms with van der Waals surface area (Å²) in [6.07, 6.45) is 1.77. The SMILES string of the molecule is COC(=O)N1CCc2ccc(NC(=O)C3(c4ccccc4)CCOCC3)cc2C1. The molecule has 2 aromatic carbocycles. The molecule has 2 amide bonds. The molecule has 0 aliphatic carbocycles. The first-order valence-electron chi connectivity index (χ1n) is 10.0. The quantitative estimate of drug-likeness (QED) is 0.865. The fourth-order valence-corrected chi connectivity index (χ4v) is 4.29. The summed E-state index contributed by atoms with van der Waals surface area (Å²) in [5.41, 5.74) is 3.43. The van der Waals surface area contributed by atoms with Crippen LogP contribution in [-0.4, -0.2) is 43.8 Å². The molecule has 2 aliphatic rings. The van der Waals surface area contributed by atoms with Crippen LogP contribution in [0.15, 0.2) is 48.5 Å². The van der Waals surface area contributed by atoms with Gasteiger partial charge < -0.3 is 19.7 Å². The standard InChI is InChI=1S/C23H26N2O4/c1-28-22(27)25-12-9-17-7-8-20(15-18(17)16-25)24-21(26)23(10-13-29-14-11-23)19-5-3-2-4-6-19/h2-8,15H,9-14,16H2,1H3,(H,24,26). The number of nitrogens with one attached hydrogen (secondary N) is 1. The van der Waals surface area contributed by atoms with E-state index in [0.717, 1.165) is 23.2 Å². The van der Waals surface area contributed by atoms with Crippen LogP contribution in [0.5, 0.6) is 0 Å². The molecule has 0 radical (unpaired) electrons. The lowest BCUT2D eigenvalue weighted by Crippen LogP contribution is -2.44. The number of carbonyl (C=O) groups is 2. The highest BCUT2D eigenvalue weighted by Gasteiger charge is 2.41. The molecule has 29 heavy (non-hydrogen) atoms. The van der Waals surface area contributed by atoms with Gasteiger partial charge in [0.05, 0.1) is 12.5 Å². The van der Waals surface area contributed by atoms with Gasteiger partial charge in [0.1, 0.15) is 0 Å². The Bertz CT molecular complexity index is 891. The second-order valence-electron chi connectivity index (χ2n) is 7.64. The lowest BCUT2D eigenvalue weighted by Gasteiger charge is -2.36. The Hall–Kier alpha value is -2.86. The Morgan fingerprint density at radius 1 is 1.07 bits per heavy atom. The molecule has 1 fully saturated rings. The highest BCUT2D eigenvalue weighted by molar-refractivity contribution is 5.99. The van der Waals surface area contributed by atoms with E-state index >= 15 is 0 Å². The molecule has 4 rings (SSSR count). The predicted octanol–water partition coefficient (Wildman–Crippen LogP) is 3.50. The molecular weight excluding hydrogens is 368 g/mol. The largest absolute Gasteiger partial charge is 0.453 e. The number of carbonyl (C=O) groups excluding carboxylic acids is 2. The van der Waals surface area contributed by atoms with Crippen LogP contribution in [0.4, 0.5) is 10.5 Å². The van der Waals surface area contributed by atoms with E-state index < -0.39 is 5.41 Å². The highest BCUT2D eigenvalue weighted by atomic mass is 16.5. The number of benzene rings is 2. The minimum atomic E-state index is -0.590. The number of amides is 2. The zero-order valence-corrected chi connectivity index (χ0v) is 16.6. The molecule has 1 saturated heterocycles. The normalized spacial score (nSPS) is 17.9. The number of methoxy groups -OCH3 is 1. The van der Waals surface area contributed by atoms with Gasteiger partial charge in [0.25, 0.3) is 0 Å². The number of anilines is 1. The summed E-state index contributed by atoms with van der Waals surface area (Å²) in [5, 5.41) is 3.13. The third kappa shape index (κ3) is 3.85. The lowest BCUT2D eigenvalue weighted by atomic mass is 9.73. The molecule has 1 N–H and O–H groups in total. The van der Waals surface area contributed by atoms with Gasteiger partial charge in [-0.1, -0.05) is 36.4 Å². The number of fused-ring (bicyclic) bond motifs is 1. The number of ether oxygens (including phenoxy) is 2. The molecule has 0 atom stereocenters. The van der Waals surface area contributed by atoms with Crippen LogP contribution in [0.3, 0.4) is 0 Å². The van der Waals surface area contributed by atoms with Crippen LogP contribution >= 0.6 is 0 Å². The van der Waals surface area contributed by atoms with Crippen molar-refractivity contribution >= 4 is 17.7 Å². The van der Waals surface area contributed by atoms with E-state index in [1.54, 1.807) is 4.90 Å². The van der Waals surface area contributed by atoms with Gasteiger partial charge >= 0.3 is 6.09 Å². The highest BCUT2D eigenvalue weighted by Crippen LogP contribution is 2.36. The summed E-state index contributed by atoms with van der Waals surface area (Å²) in [4.78, 5) is 27.0. The predicted molar refractivity (Wildman–Crippen MR) is 110 cm³/mol. The monoisotopic (exact) mass is 394 g/mol. The molecule has 2 aliphatic heterocycles. The van der Waals surface area contributed by atoms with Gasteiger partial charge in [-0.2, -0.15) is 0 Å². The first-order chi connectivity index (χ1) is 14.1. The summed E-state index contributed by atoms with van der Waals surface area (Å²) in [6.45, 7) is 2.27. The van der Waals surface area contributed by atoms with Gasteiger partial charge in [0.15, 0.2) is 0 Å². The third-order valence-corrected chi connectivity index (χ3v) is 6.02. The van der Waals surface area contributed by atoms with Crippen molar-refractivity contribution < 1.29 is 19.1 Å². The lowest BCUT2D eigenvalue weighted by molar-refractivity contribution is -0.125. The minimum Gasteiger partial charge on any atom is -0.453 e. The van der Waals surface area contributed by atoms with Crippen LogP contribution in [-0.2, 0) is 32.6 Å². The van der Waals surface area contributed by atoms with Gasteiger partial charge in [-0.25, -0.2) is 4.79 Å². The molecule has 6 heteroatoms. The van der Waals surface area contributed by atoms with E-state index in [0.29, 0.717) is 39.1 Å².